The lowest BCUT2D eigenvalue weighted by Gasteiger charge is -2.06. The summed E-state index contributed by atoms with van der Waals surface area (Å²) in [5, 5.41) is 0. The van der Waals surface area contributed by atoms with Gasteiger partial charge in [0.05, 0.1) is 12.2 Å². The van der Waals surface area contributed by atoms with Crippen LogP contribution in [0.15, 0.2) is 24.3 Å². The van der Waals surface area contributed by atoms with E-state index < -0.39 is 0 Å². The first-order valence-electron chi connectivity index (χ1n) is 7.48. The van der Waals surface area contributed by atoms with Crippen LogP contribution < -0.4 is 0 Å². The Morgan fingerprint density at radius 1 is 1.00 bits per heavy atom. The molecule has 0 atom stereocenters. The Morgan fingerprint density at radius 3 is 2.32 bits per heavy atom. The second-order valence-electron chi connectivity index (χ2n) is 5.07. The Balaban J connectivity index is 2.10. The van der Waals surface area contributed by atoms with E-state index in [9.17, 15) is 4.79 Å². The molecule has 1 aromatic carbocycles. The number of ether oxygens (including phenoxy) is 1. The van der Waals surface area contributed by atoms with E-state index in [1.54, 1.807) is 0 Å². The van der Waals surface area contributed by atoms with Crippen LogP contribution in [0.5, 0.6) is 0 Å². The van der Waals surface area contributed by atoms with E-state index in [1.165, 1.54) is 32.1 Å². The number of carbonyl (C=O) groups excluding carboxylic acids is 1. The SMILES string of the molecule is CCCCCCCCCOC(=O)c1ccccc1C. The summed E-state index contributed by atoms with van der Waals surface area (Å²) in [4.78, 5) is 11.8. The lowest BCUT2D eigenvalue weighted by molar-refractivity contribution is 0.0497. The smallest absolute Gasteiger partial charge is 0.338 e. The third-order valence-electron chi connectivity index (χ3n) is 3.35. The molecule has 19 heavy (non-hydrogen) atoms. The van der Waals surface area contributed by atoms with Crippen LogP contribution in [0.1, 0.15) is 67.8 Å². The molecule has 0 N–H and O–H groups in total. The molecule has 0 aliphatic heterocycles. The molecule has 1 aromatic rings. The summed E-state index contributed by atoms with van der Waals surface area (Å²) in [5.41, 5.74) is 1.66. The third-order valence-corrected chi connectivity index (χ3v) is 3.35. The van der Waals surface area contributed by atoms with E-state index in [0.717, 1.165) is 18.4 Å². The molecule has 0 aliphatic rings. The van der Waals surface area contributed by atoms with Crippen LogP contribution in [-0.2, 0) is 4.74 Å². The largest absolute Gasteiger partial charge is 0.462 e. The number of hydrogen-bond acceptors (Lipinski definition) is 2. The van der Waals surface area contributed by atoms with Gasteiger partial charge in [-0.05, 0) is 25.0 Å². The van der Waals surface area contributed by atoms with Crippen LogP contribution >= 0.6 is 0 Å². The van der Waals surface area contributed by atoms with Gasteiger partial charge in [0.1, 0.15) is 0 Å². The van der Waals surface area contributed by atoms with Gasteiger partial charge < -0.3 is 4.74 Å². The molecular weight excluding hydrogens is 236 g/mol. The summed E-state index contributed by atoms with van der Waals surface area (Å²) in [7, 11) is 0. The maximum absolute atomic E-state index is 11.8. The number of aryl methyl sites for hydroxylation is 1. The molecule has 0 aliphatic carbocycles. The first-order valence-corrected chi connectivity index (χ1v) is 7.48. The molecule has 0 fully saturated rings. The van der Waals surface area contributed by atoms with Crippen molar-refractivity contribution in [1.29, 1.82) is 0 Å². The van der Waals surface area contributed by atoms with Crippen LogP contribution in [0.3, 0.4) is 0 Å². The highest BCUT2D eigenvalue weighted by atomic mass is 16.5. The molecule has 1 rings (SSSR count). The van der Waals surface area contributed by atoms with E-state index >= 15 is 0 Å². The zero-order valence-electron chi connectivity index (χ0n) is 12.3. The van der Waals surface area contributed by atoms with Crippen molar-refractivity contribution in [2.45, 2.75) is 58.8 Å². The molecule has 0 aromatic heterocycles. The summed E-state index contributed by atoms with van der Waals surface area (Å²) in [5.74, 6) is -0.191. The summed E-state index contributed by atoms with van der Waals surface area (Å²) in [6.45, 7) is 4.70. The molecule has 0 spiro atoms. The standard InChI is InChI=1S/C17H26O2/c1-3-4-5-6-7-8-11-14-19-17(18)16-13-10-9-12-15(16)2/h9-10,12-13H,3-8,11,14H2,1-2H3. The quantitative estimate of drug-likeness (QED) is 0.467. The van der Waals surface area contributed by atoms with Gasteiger partial charge >= 0.3 is 5.97 Å². The summed E-state index contributed by atoms with van der Waals surface area (Å²) in [6, 6.07) is 7.56. The second kappa shape index (κ2) is 9.60. The first kappa shape index (κ1) is 15.7. The Bertz CT molecular complexity index is 371. The summed E-state index contributed by atoms with van der Waals surface area (Å²) >= 11 is 0. The second-order valence-corrected chi connectivity index (χ2v) is 5.07. The summed E-state index contributed by atoms with van der Waals surface area (Å²) in [6.07, 6.45) is 8.64. The van der Waals surface area contributed by atoms with E-state index in [1.807, 2.05) is 31.2 Å². The first-order chi connectivity index (χ1) is 9.25. The minimum Gasteiger partial charge on any atom is -0.462 e. The van der Waals surface area contributed by atoms with E-state index in [2.05, 4.69) is 6.92 Å². The van der Waals surface area contributed by atoms with Crippen LogP contribution in [0.4, 0.5) is 0 Å². The third kappa shape index (κ3) is 6.42. The van der Waals surface area contributed by atoms with Crippen molar-refractivity contribution in [1.82, 2.24) is 0 Å². The van der Waals surface area contributed by atoms with Crippen LogP contribution in [0.25, 0.3) is 0 Å². The molecule has 0 heterocycles. The lowest BCUT2D eigenvalue weighted by atomic mass is 10.1. The Labute approximate surface area is 117 Å². The molecule has 106 valence electrons. The molecule has 0 unspecified atom stereocenters. The van der Waals surface area contributed by atoms with Crippen LogP contribution in [-0.4, -0.2) is 12.6 Å². The van der Waals surface area contributed by atoms with Gasteiger partial charge in [-0.2, -0.15) is 0 Å². The monoisotopic (exact) mass is 262 g/mol. The minimum atomic E-state index is -0.191. The number of rotatable bonds is 9. The fraction of sp³-hybridized carbons (Fsp3) is 0.588. The van der Waals surface area contributed by atoms with Crippen molar-refractivity contribution in [2.24, 2.45) is 0 Å². The molecule has 0 saturated heterocycles. The zero-order valence-corrected chi connectivity index (χ0v) is 12.3. The fourth-order valence-electron chi connectivity index (χ4n) is 2.10. The maximum Gasteiger partial charge on any atom is 0.338 e. The number of esters is 1. The van der Waals surface area contributed by atoms with Gasteiger partial charge in [0.25, 0.3) is 0 Å². The van der Waals surface area contributed by atoms with Gasteiger partial charge in [-0.3, -0.25) is 0 Å². The van der Waals surface area contributed by atoms with Crippen molar-refractivity contribution in [2.75, 3.05) is 6.61 Å². The highest BCUT2D eigenvalue weighted by Gasteiger charge is 2.08. The van der Waals surface area contributed by atoms with Crippen LogP contribution in [0.2, 0.25) is 0 Å². The van der Waals surface area contributed by atoms with Crippen molar-refractivity contribution in [3.63, 3.8) is 0 Å². The van der Waals surface area contributed by atoms with Crippen LogP contribution in [0, 0.1) is 6.92 Å². The molecular formula is C17H26O2. The highest BCUT2D eigenvalue weighted by molar-refractivity contribution is 5.90. The Morgan fingerprint density at radius 2 is 1.63 bits per heavy atom. The lowest BCUT2D eigenvalue weighted by Crippen LogP contribution is -2.08. The Hall–Kier alpha value is -1.31. The van der Waals surface area contributed by atoms with Crippen molar-refractivity contribution < 1.29 is 9.53 Å². The number of unbranched alkanes of at least 4 members (excludes halogenated alkanes) is 6. The van der Waals surface area contributed by atoms with Gasteiger partial charge in [-0.25, -0.2) is 4.79 Å². The predicted octanol–water partition coefficient (Wildman–Crippen LogP) is 4.90. The molecule has 0 amide bonds. The number of benzene rings is 1. The predicted molar refractivity (Wildman–Crippen MR) is 79.5 cm³/mol. The maximum atomic E-state index is 11.8. The normalized spacial score (nSPS) is 10.4. The molecule has 0 bridgehead atoms. The van der Waals surface area contributed by atoms with Gasteiger partial charge in [-0.15, -0.1) is 0 Å². The van der Waals surface area contributed by atoms with E-state index in [0.29, 0.717) is 12.2 Å². The highest BCUT2D eigenvalue weighted by Crippen LogP contribution is 2.10. The summed E-state index contributed by atoms with van der Waals surface area (Å²) < 4.78 is 5.30. The van der Waals surface area contributed by atoms with Gasteiger partial charge in [0, 0.05) is 0 Å². The minimum absolute atomic E-state index is 0.191. The molecule has 2 nitrogen and oxygen atoms in total. The van der Waals surface area contributed by atoms with E-state index in [4.69, 9.17) is 4.74 Å². The van der Waals surface area contributed by atoms with E-state index in [-0.39, 0.29) is 5.97 Å². The van der Waals surface area contributed by atoms with Gasteiger partial charge in [-0.1, -0.05) is 63.6 Å². The average molecular weight is 262 g/mol. The van der Waals surface area contributed by atoms with Crippen molar-refractivity contribution in [3.8, 4) is 0 Å². The Kier molecular flexibility index (Phi) is 7.95. The van der Waals surface area contributed by atoms with Gasteiger partial charge in [0.15, 0.2) is 0 Å². The average Bonchev–Trinajstić information content (AvgIpc) is 2.42. The topological polar surface area (TPSA) is 26.3 Å². The van der Waals surface area contributed by atoms with Crippen molar-refractivity contribution >= 4 is 5.97 Å². The van der Waals surface area contributed by atoms with Crippen molar-refractivity contribution in [3.05, 3.63) is 35.4 Å². The fourth-order valence-corrected chi connectivity index (χ4v) is 2.10. The molecule has 0 saturated carbocycles. The number of hydrogen-bond donors (Lipinski definition) is 0. The molecule has 0 radical (unpaired) electrons. The van der Waals surface area contributed by atoms with Gasteiger partial charge in [0.2, 0.25) is 0 Å². The molecule has 2 heteroatoms. The zero-order chi connectivity index (χ0) is 13.9. The number of carbonyl (C=O) groups is 1.